The van der Waals surface area contributed by atoms with Gasteiger partial charge in [0.2, 0.25) is 5.91 Å². The van der Waals surface area contributed by atoms with Crippen LogP contribution in [0.25, 0.3) is 0 Å². The average Bonchev–Trinajstić information content (AvgIpc) is 2.68. The largest absolute Gasteiger partial charge is 0.480 e. The molecule has 1 aromatic rings. The predicted octanol–water partition coefficient (Wildman–Crippen LogP) is 0.878. The van der Waals surface area contributed by atoms with Crippen LogP contribution < -0.4 is 0 Å². The first-order chi connectivity index (χ1) is 9.84. The Bertz CT molecular complexity index is 592. The summed E-state index contributed by atoms with van der Waals surface area (Å²) in [5.74, 6) is -1.95. The number of hydrogen-bond acceptors (Lipinski definition) is 5. The molecule has 0 aromatic carbocycles. The van der Waals surface area contributed by atoms with E-state index < -0.39 is 28.8 Å². The van der Waals surface area contributed by atoms with Crippen LogP contribution in [0.1, 0.15) is 25.6 Å². The van der Waals surface area contributed by atoms with Crippen molar-refractivity contribution in [2.75, 3.05) is 0 Å². The van der Waals surface area contributed by atoms with Gasteiger partial charge >= 0.3 is 5.97 Å². The van der Waals surface area contributed by atoms with E-state index in [-0.39, 0.29) is 11.3 Å². The number of amides is 1. The van der Waals surface area contributed by atoms with Crippen molar-refractivity contribution in [1.29, 1.82) is 0 Å². The molecule has 3 heterocycles. The number of thioether (sulfide) groups is 1. The molecule has 0 aliphatic carbocycles. The summed E-state index contributed by atoms with van der Waals surface area (Å²) in [7, 11) is 0. The molecular weight excluding hydrogens is 292 g/mol. The molecule has 2 fully saturated rings. The fourth-order valence-electron chi connectivity index (χ4n) is 3.07. The second kappa shape index (κ2) is 4.71. The van der Waals surface area contributed by atoms with E-state index in [1.54, 1.807) is 24.4 Å². The highest BCUT2D eigenvalue weighted by molar-refractivity contribution is 8.01. The number of hydrogen-bond donors (Lipinski definition) is 2. The van der Waals surface area contributed by atoms with E-state index in [4.69, 9.17) is 0 Å². The van der Waals surface area contributed by atoms with Crippen molar-refractivity contribution in [1.82, 2.24) is 9.88 Å². The van der Waals surface area contributed by atoms with Crippen molar-refractivity contribution < 1.29 is 19.8 Å². The van der Waals surface area contributed by atoms with E-state index >= 15 is 0 Å². The molecule has 6 nitrogen and oxygen atoms in total. The molecule has 2 N–H and O–H groups in total. The SMILES string of the molecule is CC1(C)S[C@@H]2[C@H](C(O)c3ccccn3)C(=O)N2[C@H]1C(=O)O. The van der Waals surface area contributed by atoms with E-state index in [1.165, 1.54) is 16.7 Å². The van der Waals surface area contributed by atoms with Gasteiger partial charge in [-0.25, -0.2) is 4.79 Å². The Kier molecular flexibility index (Phi) is 3.22. The molecule has 112 valence electrons. The van der Waals surface area contributed by atoms with Crippen LogP contribution in [0.2, 0.25) is 0 Å². The third-order valence-electron chi connectivity index (χ3n) is 4.05. The number of fused-ring (bicyclic) bond motifs is 1. The zero-order chi connectivity index (χ0) is 15.4. The minimum atomic E-state index is -1.01. The van der Waals surface area contributed by atoms with E-state index in [0.29, 0.717) is 5.69 Å². The van der Waals surface area contributed by atoms with Crippen LogP contribution >= 0.6 is 11.8 Å². The molecule has 1 aromatic heterocycles. The predicted molar refractivity (Wildman–Crippen MR) is 76.4 cm³/mol. The van der Waals surface area contributed by atoms with Gasteiger partial charge in [0.1, 0.15) is 12.1 Å². The Labute approximate surface area is 126 Å². The number of pyridine rings is 1. The van der Waals surface area contributed by atoms with Crippen LogP contribution in [0.3, 0.4) is 0 Å². The number of carbonyl (C=O) groups excluding carboxylic acids is 1. The van der Waals surface area contributed by atoms with Gasteiger partial charge in [-0.2, -0.15) is 0 Å². The van der Waals surface area contributed by atoms with Crippen molar-refractivity contribution in [3.63, 3.8) is 0 Å². The minimum Gasteiger partial charge on any atom is -0.480 e. The van der Waals surface area contributed by atoms with Crippen molar-refractivity contribution in [3.8, 4) is 0 Å². The summed E-state index contributed by atoms with van der Waals surface area (Å²) < 4.78 is -0.579. The highest BCUT2D eigenvalue weighted by atomic mass is 32.2. The molecule has 4 atom stereocenters. The molecule has 2 saturated heterocycles. The standard InChI is InChI=1S/C14H16N2O4S/c1-14(2)10(13(19)20)16-11(18)8(12(16)21-14)9(17)7-5-3-4-6-15-7/h3-6,8-10,12,17H,1-2H3,(H,19,20)/t8-,9?,10+,12-/m1/s1. The van der Waals surface area contributed by atoms with Crippen LogP contribution in [0.15, 0.2) is 24.4 Å². The molecule has 21 heavy (non-hydrogen) atoms. The van der Waals surface area contributed by atoms with Gasteiger partial charge in [0, 0.05) is 10.9 Å². The molecule has 7 heteroatoms. The van der Waals surface area contributed by atoms with Crippen LogP contribution in [0.4, 0.5) is 0 Å². The van der Waals surface area contributed by atoms with Crippen molar-refractivity contribution in [2.24, 2.45) is 5.92 Å². The average molecular weight is 308 g/mol. The van der Waals surface area contributed by atoms with Crippen LogP contribution in [-0.4, -0.2) is 48.1 Å². The lowest BCUT2D eigenvalue weighted by Crippen LogP contribution is -2.64. The smallest absolute Gasteiger partial charge is 0.327 e. The maximum Gasteiger partial charge on any atom is 0.327 e. The van der Waals surface area contributed by atoms with E-state index in [2.05, 4.69) is 4.98 Å². The van der Waals surface area contributed by atoms with Crippen molar-refractivity contribution in [3.05, 3.63) is 30.1 Å². The molecule has 0 saturated carbocycles. The van der Waals surface area contributed by atoms with Crippen LogP contribution in [0.5, 0.6) is 0 Å². The quantitative estimate of drug-likeness (QED) is 0.806. The van der Waals surface area contributed by atoms with Gasteiger partial charge in [0.15, 0.2) is 0 Å². The van der Waals surface area contributed by atoms with Gasteiger partial charge in [0.25, 0.3) is 0 Å². The Morgan fingerprint density at radius 1 is 1.48 bits per heavy atom. The molecule has 1 amide bonds. The summed E-state index contributed by atoms with van der Waals surface area (Å²) in [4.78, 5) is 29.2. The third-order valence-corrected chi connectivity index (χ3v) is 5.64. The number of aliphatic hydroxyl groups is 1. The normalized spacial score (nSPS) is 31.5. The highest BCUT2D eigenvalue weighted by Crippen LogP contribution is 2.55. The number of β-lactam (4-membered cyclic amide) rings is 1. The Hall–Kier alpha value is -1.60. The minimum absolute atomic E-state index is 0.314. The molecule has 0 bridgehead atoms. The number of carboxylic acid groups (broad SMARTS) is 1. The molecular formula is C14H16N2O4S. The van der Waals surface area contributed by atoms with Gasteiger partial charge in [-0.3, -0.25) is 9.78 Å². The summed E-state index contributed by atoms with van der Waals surface area (Å²) in [5.41, 5.74) is 0.438. The topological polar surface area (TPSA) is 90.7 Å². The monoisotopic (exact) mass is 308 g/mol. The van der Waals surface area contributed by atoms with Crippen LogP contribution in [-0.2, 0) is 9.59 Å². The Balaban J connectivity index is 1.87. The molecule has 2 aliphatic heterocycles. The number of aliphatic hydroxyl groups excluding tert-OH is 1. The Morgan fingerprint density at radius 3 is 2.76 bits per heavy atom. The zero-order valence-electron chi connectivity index (χ0n) is 11.6. The number of nitrogens with zero attached hydrogens (tertiary/aromatic N) is 2. The fraction of sp³-hybridized carbons (Fsp3) is 0.500. The lowest BCUT2D eigenvalue weighted by molar-refractivity contribution is -0.169. The summed E-state index contributed by atoms with van der Waals surface area (Å²) >= 11 is 1.43. The van der Waals surface area contributed by atoms with E-state index in [0.717, 1.165) is 0 Å². The number of carboxylic acids is 1. The summed E-state index contributed by atoms with van der Waals surface area (Å²) in [6.07, 6.45) is 0.557. The summed E-state index contributed by atoms with van der Waals surface area (Å²) in [6.45, 7) is 3.62. The van der Waals surface area contributed by atoms with E-state index in [9.17, 15) is 19.8 Å². The molecule has 1 unspecified atom stereocenters. The summed E-state index contributed by atoms with van der Waals surface area (Å²) in [5, 5.41) is 19.4. The Morgan fingerprint density at radius 2 is 2.19 bits per heavy atom. The lowest BCUT2D eigenvalue weighted by atomic mass is 9.86. The first-order valence-corrected chi connectivity index (χ1v) is 7.54. The first kappa shape index (κ1) is 14.3. The van der Waals surface area contributed by atoms with Gasteiger partial charge < -0.3 is 15.1 Å². The number of rotatable bonds is 3. The zero-order valence-corrected chi connectivity index (χ0v) is 12.4. The molecule has 0 spiro atoms. The number of aromatic nitrogens is 1. The maximum absolute atomic E-state index is 12.3. The van der Waals surface area contributed by atoms with Gasteiger partial charge in [0.05, 0.1) is 17.0 Å². The third kappa shape index (κ3) is 2.03. The van der Waals surface area contributed by atoms with Gasteiger partial charge in [-0.15, -0.1) is 11.8 Å². The maximum atomic E-state index is 12.3. The lowest BCUT2D eigenvalue weighted by Gasteiger charge is -2.45. The molecule has 3 rings (SSSR count). The highest BCUT2D eigenvalue weighted by Gasteiger charge is 2.65. The second-order valence-electron chi connectivity index (χ2n) is 5.82. The van der Waals surface area contributed by atoms with Crippen molar-refractivity contribution in [2.45, 2.75) is 36.1 Å². The number of carbonyl (C=O) groups is 2. The summed E-state index contributed by atoms with van der Waals surface area (Å²) in [6, 6.07) is 4.30. The molecule has 2 aliphatic rings. The van der Waals surface area contributed by atoms with Crippen molar-refractivity contribution >= 4 is 23.6 Å². The molecule has 0 radical (unpaired) electrons. The fourth-order valence-corrected chi connectivity index (χ4v) is 4.78. The van der Waals surface area contributed by atoms with Crippen LogP contribution in [0, 0.1) is 5.92 Å². The first-order valence-electron chi connectivity index (χ1n) is 6.66. The second-order valence-corrected chi connectivity index (χ2v) is 7.59. The van der Waals surface area contributed by atoms with E-state index in [1.807, 2.05) is 13.8 Å². The van der Waals surface area contributed by atoms with Gasteiger partial charge in [-0.05, 0) is 26.0 Å². The number of aliphatic carboxylic acids is 1. The van der Waals surface area contributed by atoms with Gasteiger partial charge in [-0.1, -0.05) is 6.07 Å².